The quantitative estimate of drug-likeness (QED) is 0.631. The fraction of sp³-hybridized carbons (Fsp3) is 0.625. The lowest BCUT2D eigenvalue weighted by molar-refractivity contribution is -0.153. The number of methoxy groups -OCH3 is 1. The average Bonchev–Trinajstić information content (AvgIpc) is 2.73. The second kappa shape index (κ2) is 10.1. The SMILES string of the molecule is COC(=O)C(C)(C)C(CC(C)C)NC(=O)C1(NC(=O)c2ccccc2)CCCCC1. The van der Waals surface area contributed by atoms with Crippen LogP contribution in [0.2, 0.25) is 0 Å². The molecule has 1 aromatic carbocycles. The van der Waals surface area contributed by atoms with Gasteiger partial charge in [0.2, 0.25) is 5.91 Å². The Morgan fingerprint density at radius 2 is 1.67 bits per heavy atom. The van der Waals surface area contributed by atoms with E-state index in [1.807, 2.05) is 6.07 Å². The molecule has 6 nitrogen and oxygen atoms in total. The second-order valence-electron chi connectivity index (χ2n) is 9.33. The normalized spacial score (nSPS) is 17.1. The van der Waals surface area contributed by atoms with E-state index in [0.717, 1.165) is 19.3 Å². The summed E-state index contributed by atoms with van der Waals surface area (Å²) in [4.78, 5) is 38.8. The third kappa shape index (κ3) is 5.61. The van der Waals surface area contributed by atoms with Gasteiger partial charge < -0.3 is 15.4 Å². The predicted molar refractivity (Wildman–Crippen MR) is 117 cm³/mol. The van der Waals surface area contributed by atoms with E-state index in [2.05, 4.69) is 24.5 Å². The average molecular weight is 417 g/mol. The zero-order chi connectivity index (χ0) is 22.4. The van der Waals surface area contributed by atoms with Gasteiger partial charge in [-0.05, 0) is 51.2 Å². The maximum atomic E-state index is 13.6. The van der Waals surface area contributed by atoms with Crippen molar-refractivity contribution in [1.82, 2.24) is 10.6 Å². The summed E-state index contributed by atoms with van der Waals surface area (Å²) in [7, 11) is 1.36. The fourth-order valence-electron chi connectivity index (χ4n) is 4.15. The van der Waals surface area contributed by atoms with Gasteiger partial charge in [-0.1, -0.05) is 51.3 Å². The van der Waals surface area contributed by atoms with E-state index in [1.165, 1.54) is 7.11 Å². The number of carbonyl (C=O) groups excluding carboxylic acids is 3. The first kappa shape index (κ1) is 23.9. The van der Waals surface area contributed by atoms with E-state index >= 15 is 0 Å². The molecule has 0 bridgehead atoms. The van der Waals surface area contributed by atoms with Crippen LogP contribution in [0.4, 0.5) is 0 Å². The van der Waals surface area contributed by atoms with Crippen LogP contribution in [0.1, 0.15) is 76.6 Å². The molecule has 1 fully saturated rings. The molecule has 1 aliphatic rings. The Bertz CT molecular complexity index is 737. The zero-order valence-electron chi connectivity index (χ0n) is 18.9. The second-order valence-corrected chi connectivity index (χ2v) is 9.33. The van der Waals surface area contributed by atoms with Crippen LogP contribution in [0.3, 0.4) is 0 Å². The van der Waals surface area contributed by atoms with Gasteiger partial charge >= 0.3 is 5.97 Å². The molecule has 2 rings (SSSR count). The minimum atomic E-state index is -0.966. The maximum Gasteiger partial charge on any atom is 0.313 e. The van der Waals surface area contributed by atoms with Crippen LogP contribution in [-0.4, -0.2) is 36.5 Å². The molecule has 0 saturated heterocycles. The Labute approximate surface area is 180 Å². The van der Waals surface area contributed by atoms with Crippen LogP contribution in [0.25, 0.3) is 0 Å². The summed E-state index contributed by atoms with van der Waals surface area (Å²) in [6.07, 6.45) is 4.60. The van der Waals surface area contributed by atoms with E-state index in [4.69, 9.17) is 4.74 Å². The maximum absolute atomic E-state index is 13.6. The molecule has 1 aromatic rings. The number of hydrogen-bond donors (Lipinski definition) is 2. The highest BCUT2D eigenvalue weighted by Crippen LogP contribution is 2.32. The zero-order valence-corrected chi connectivity index (χ0v) is 18.9. The molecule has 2 amide bonds. The standard InChI is InChI=1S/C24H36N2O4/c1-17(2)16-19(23(3,4)22(29)30-5)25-21(28)24(14-10-7-11-15-24)26-20(27)18-12-8-6-9-13-18/h6,8-9,12-13,17,19H,7,10-11,14-16H2,1-5H3,(H,25,28)(H,26,27). The number of ether oxygens (including phenoxy) is 1. The molecule has 0 radical (unpaired) electrons. The highest BCUT2D eigenvalue weighted by atomic mass is 16.5. The van der Waals surface area contributed by atoms with Crippen molar-refractivity contribution in [2.24, 2.45) is 11.3 Å². The van der Waals surface area contributed by atoms with Gasteiger partial charge in [0.25, 0.3) is 5.91 Å². The number of esters is 1. The van der Waals surface area contributed by atoms with Crippen LogP contribution in [0, 0.1) is 11.3 Å². The fourth-order valence-corrected chi connectivity index (χ4v) is 4.15. The molecule has 30 heavy (non-hydrogen) atoms. The first-order valence-electron chi connectivity index (χ1n) is 10.9. The van der Waals surface area contributed by atoms with Crippen LogP contribution in [-0.2, 0) is 14.3 Å². The van der Waals surface area contributed by atoms with Gasteiger partial charge in [0.1, 0.15) is 5.54 Å². The van der Waals surface area contributed by atoms with E-state index < -0.39 is 17.0 Å². The van der Waals surface area contributed by atoms with Crippen LogP contribution < -0.4 is 10.6 Å². The van der Waals surface area contributed by atoms with E-state index in [0.29, 0.717) is 24.8 Å². The van der Waals surface area contributed by atoms with E-state index in [-0.39, 0.29) is 23.7 Å². The van der Waals surface area contributed by atoms with Crippen molar-refractivity contribution in [3.05, 3.63) is 35.9 Å². The predicted octanol–water partition coefficient (Wildman–Crippen LogP) is 3.85. The lowest BCUT2D eigenvalue weighted by atomic mass is 9.77. The van der Waals surface area contributed by atoms with Gasteiger partial charge in [-0.15, -0.1) is 0 Å². The number of carbonyl (C=O) groups is 3. The number of rotatable bonds is 8. The first-order chi connectivity index (χ1) is 14.1. The molecule has 0 spiro atoms. The monoisotopic (exact) mass is 416 g/mol. The largest absolute Gasteiger partial charge is 0.469 e. The Morgan fingerprint density at radius 1 is 1.07 bits per heavy atom. The lowest BCUT2D eigenvalue weighted by Crippen LogP contribution is -2.63. The van der Waals surface area contributed by atoms with Gasteiger partial charge in [-0.3, -0.25) is 14.4 Å². The molecular formula is C24H36N2O4. The van der Waals surface area contributed by atoms with Gasteiger partial charge in [0.15, 0.2) is 0 Å². The molecule has 166 valence electrons. The van der Waals surface area contributed by atoms with Crippen molar-refractivity contribution >= 4 is 17.8 Å². The molecule has 1 saturated carbocycles. The molecule has 0 aliphatic heterocycles. The van der Waals surface area contributed by atoms with Gasteiger partial charge in [0, 0.05) is 11.6 Å². The molecule has 1 aliphatic carbocycles. The lowest BCUT2D eigenvalue weighted by Gasteiger charge is -2.40. The van der Waals surface area contributed by atoms with Crippen molar-refractivity contribution in [2.75, 3.05) is 7.11 Å². The molecule has 6 heteroatoms. The Hall–Kier alpha value is -2.37. The summed E-state index contributed by atoms with van der Waals surface area (Å²) in [5.41, 5.74) is -1.32. The van der Waals surface area contributed by atoms with E-state index in [9.17, 15) is 14.4 Å². The Balaban J connectivity index is 2.28. The highest BCUT2D eigenvalue weighted by Gasteiger charge is 2.45. The smallest absolute Gasteiger partial charge is 0.313 e. The topological polar surface area (TPSA) is 84.5 Å². The van der Waals surface area contributed by atoms with Crippen molar-refractivity contribution in [3.63, 3.8) is 0 Å². The minimum Gasteiger partial charge on any atom is -0.469 e. The summed E-state index contributed by atoms with van der Waals surface area (Å²) in [6, 6.07) is 8.55. The van der Waals surface area contributed by atoms with E-state index in [1.54, 1.807) is 38.1 Å². The van der Waals surface area contributed by atoms with Gasteiger partial charge in [0.05, 0.1) is 12.5 Å². The van der Waals surface area contributed by atoms with Crippen molar-refractivity contribution in [2.45, 2.75) is 77.8 Å². The highest BCUT2D eigenvalue weighted by molar-refractivity contribution is 5.99. The van der Waals surface area contributed by atoms with Gasteiger partial charge in [-0.25, -0.2) is 0 Å². The van der Waals surface area contributed by atoms with Crippen molar-refractivity contribution < 1.29 is 19.1 Å². The summed E-state index contributed by atoms with van der Waals surface area (Å²) in [5, 5.41) is 6.15. The Kier molecular flexibility index (Phi) is 8.04. The molecule has 2 N–H and O–H groups in total. The first-order valence-corrected chi connectivity index (χ1v) is 10.9. The molecule has 0 aromatic heterocycles. The van der Waals surface area contributed by atoms with Crippen molar-refractivity contribution in [3.8, 4) is 0 Å². The third-order valence-corrected chi connectivity index (χ3v) is 6.13. The number of amides is 2. The molecule has 1 atom stereocenters. The summed E-state index contributed by atoms with van der Waals surface area (Å²) in [6.45, 7) is 7.70. The molecule has 1 unspecified atom stereocenters. The molecule has 0 heterocycles. The van der Waals surface area contributed by atoms with Gasteiger partial charge in [-0.2, -0.15) is 0 Å². The summed E-state index contributed by atoms with van der Waals surface area (Å²) >= 11 is 0. The summed E-state index contributed by atoms with van der Waals surface area (Å²) < 4.78 is 4.99. The minimum absolute atomic E-state index is 0.214. The Morgan fingerprint density at radius 3 is 2.20 bits per heavy atom. The van der Waals surface area contributed by atoms with Crippen LogP contribution in [0.15, 0.2) is 30.3 Å². The third-order valence-electron chi connectivity index (χ3n) is 6.13. The molecular weight excluding hydrogens is 380 g/mol. The number of nitrogens with one attached hydrogen (secondary N) is 2. The van der Waals surface area contributed by atoms with Crippen molar-refractivity contribution in [1.29, 1.82) is 0 Å². The number of hydrogen-bond acceptors (Lipinski definition) is 4. The van der Waals surface area contributed by atoms with Crippen LogP contribution >= 0.6 is 0 Å². The van der Waals surface area contributed by atoms with Crippen LogP contribution in [0.5, 0.6) is 0 Å². The summed E-state index contributed by atoms with van der Waals surface area (Å²) in [5.74, 6) is -0.547. The number of benzene rings is 1.